The number of aromatic nitrogens is 4. The molecule has 0 unspecified atom stereocenters. The maximum absolute atomic E-state index is 5.17. The number of pyridine rings is 4. The summed E-state index contributed by atoms with van der Waals surface area (Å²) in [7, 11) is -1.09. The molecule has 5 heteroatoms. The second kappa shape index (κ2) is 11.3. The topological polar surface area (TPSA) is 51.6 Å². The molecule has 42 heavy (non-hydrogen) atoms. The van der Waals surface area contributed by atoms with Gasteiger partial charge in [-0.1, -0.05) is 95.4 Å². The van der Waals surface area contributed by atoms with Crippen molar-refractivity contribution >= 4 is 37.3 Å². The van der Waals surface area contributed by atoms with Gasteiger partial charge in [-0.3, -0.25) is 9.97 Å². The molecule has 7 rings (SSSR count). The first-order valence-electron chi connectivity index (χ1n) is 13.8. The minimum Gasteiger partial charge on any atom is -0.255 e. The Morgan fingerprint density at radius 2 is 0.762 bits per heavy atom. The molecule has 4 nitrogen and oxygen atoms in total. The van der Waals surface area contributed by atoms with Crippen molar-refractivity contribution in [2.75, 3.05) is 0 Å². The van der Waals surface area contributed by atoms with Gasteiger partial charge in [0.15, 0.2) is 9.81 Å². The van der Waals surface area contributed by atoms with E-state index >= 15 is 0 Å². The SMILES string of the molecule is C=[SH+]1C(c2cccc(-c3ccccn3)n2)=C(c2ccccc2)C(c2ccccc2)=C1c1cccc(-c2ccccn2)n1. The summed E-state index contributed by atoms with van der Waals surface area (Å²) >= 11 is 0. The first-order chi connectivity index (χ1) is 20.8. The standard InChI is InChI=1S/C37H26N4S/c1-42-36(32-22-12-20-30(40-32)28-18-8-10-24-38-28)34(26-14-4-2-5-15-26)35(27-16-6-3-7-17-27)37(42)33-23-13-21-31(41-33)29-19-9-11-25-39-29/h2-25H,1H2/p+1. The Kier molecular flexibility index (Phi) is 6.92. The van der Waals surface area contributed by atoms with Crippen LogP contribution < -0.4 is 0 Å². The third-order valence-corrected chi connectivity index (χ3v) is 9.21. The number of thiol groups is 1. The highest BCUT2D eigenvalue weighted by molar-refractivity contribution is 8.12. The van der Waals surface area contributed by atoms with E-state index in [0.717, 1.165) is 66.2 Å². The van der Waals surface area contributed by atoms with Crippen molar-refractivity contribution in [3.63, 3.8) is 0 Å². The lowest BCUT2D eigenvalue weighted by molar-refractivity contribution is 1.23. The number of hydrogen-bond acceptors (Lipinski definition) is 4. The normalized spacial score (nSPS) is 13.5. The maximum Gasteiger partial charge on any atom is 0.155 e. The van der Waals surface area contributed by atoms with Gasteiger partial charge in [0.05, 0.1) is 28.6 Å². The molecule has 0 saturated heterocycles. The van der Waals surface area contributed by atoms with Gasteiger partial charge >= 0.3 is 0 Å². The Bertz CT molecular complexity index is 1820. The molecule has 0 atom stereocenters. The van der Waals surface area contributed by atoms with Gasteiger partial charge in [0.1, 0.15) is 11.4 Å². The van der Waals surface area contributed by atoms with Crippen LogP contribution in [0.2, 0.25) is 0 Å². The molecule has 0 N–H and O–H groups in total. The molecular weight excluding hydrogens is 533 g/mol. The first kappa shape index (κ1) is 25.7. The summed E-state index contributed by atoms with van der Waals surface area (Å²) in [5.41, 5.74) is 9.71. The zero-order chi connectivity index (χ0) is 28.3. The lowest BCUT2D eigenvalue weighted by atomic mass is 9.90. The number of allylic oxidation sites excluding steroid dienone is 2. The molecule has 0 spiro atoms. The predicted molar refractivity (Wildman–Crippen MR) is 177 cm³/mol. The molecule has 0 radical (unpaired) electrons. The fourth-order valence-electron chi connectivity index (χ4n) is 5.37. The third-order valence-electron chi connectivity index (χ3n) is 7.23. The molecule has 4 aromatic heterocycles. The second-order valence-electron chi connectivity index (χ2n) is 9.85. The lowest BCUT2D eigenvalue weighted by Gasteiger charge is -2.10. The van der Waals surface area contributed by atoms with E-state index in [1.807, 2.05) is 48.5 Å². The highest BCUT2D eigenvalue weighted by Crippen LogP contribution is 2.51. The van der Waals surface area contributed by atoms with Gasteiger partial charge in [0.25, 0.3) is 0 Å². The Morgan fingerprint density at radius 3 is 1.17 bits per heavy atom. The molecule has 6 aromatic rings. The zero-order valence-corrected chi connectivity index (χ0v) is 23.7. The fourth-order valence-corrected chi connectivity index (χ4v) is 7.42. The molecule has 0 fully saturated rings. The number of hydrogen-bond donors (Lipinski definition) is 0. The molecule has 1 aliphatic rings. The largest absolute Gasteiger partial charge is 0.255 e. The third kappa shape index (κ3) is 4.80. The minimum absolute atomic E-state index is 0.835. The van der Waals surface area contributed by atoms with Crippen LogP contribution in [0, 0.1) is 0 Å². The van der Waals surface area contributed by atoms with Crippen molar-refractivity contribution in [1.29, 1.82) is 0 Å². The first-order valence-corrected chi connectivity index (χ1v) is 15.3. The van der Waals surface area contributed by atoms with Crippen LogP contribution in [0.15, 0.2) is 146 Å². The number of benzene rings is 2. The smallest absolute Gasteiger partial charge is 0.155 e. The van der Waals surface area contributed by atoms with E-state index in [-0.39, 0.29) is 0 Å². The van der Waals surface area contributed by atoms with Crippen LogP contribution in [0.3, 0.4) is 0 Å². The fraction of sp³-hybridized carbons (Fsp3) is 0. The van der Waals surface area contributed by atoms with Crippen LogP contribution >= 0.6 is 0 Å². The minimum atomic E-state index is -1.09. The molecule has 5 heterocycles. The molecule has 0 bridgehead atoms. The predicted octanol–water partition coefficient (Wildman–Crippen LogP) is 7.83. The molecule has 2 aromatic carbocycles. The summed E-state index contributed by atoms with van der Waals surface area (Å²) < 4.78 is 0. The summed E-state index contributed by atoms with van der Waals surface area (Å²) in [4.78, 5) is 21.7. The van der Waals surface area contributed by atoms with Crippen LogP contribution in [0.5, 0.6) is 0 Å². The average molecular weight is 560 g/mol. The summed E-state index contributed by atoms with van der Waals surface area (Å²) in [6, 6.07) is 45.3. The van der Waals surface area contributed by atoms with Crippen molar-refractivity contribution in [2.45, 2.75) is 0 Å². The van der Waals surface area contributed by atoms with Crippen LogP contribution in [0.1, 0.15) is 22.5 Å². The molecule has 200 valence electrons. The Balaban J connectivity index is 1.49. The van der Waals surface area contributed by atoms with Gasteiger partial charge in [-0.2, -0.15) is 0 Å². The molecule has 1 aliphatic heterocycles. The van der Waals surface area contributed by atoms with Gasteiger partial charge in [-0.15, -0.1) is 0 Å². The summed E-state index contributed by atoms with van der Waals surface area (Å²) in [5, 5.41) is 0. The monoisotopic (exact) mass is 559 g/mol. The van der Waals surface area contributed by atoms with Gasteiger partial charge < -0.3 is 0 Å². The van der Waals surface area contributed by atoms with E-state index in [0.29, 0.717) is 0 Å². The van der Waals surface area contributed by atoms with Gasteiger partial charge in [-0.25, -0.2) is 9.97 Å². The molecule has 0 aliphatic carbocycles. The van der Waals surface area contributed by atoms with E-state index in [2.05, 4.69) is 94.9 Å². The Labute approximate surface area is 247 Å². The van der Waals surface area contributed by atoms with Crippen LogP contribution in [0.25, 0.3) is 43.7 Å². The average Bonchev–Trinajstić information content (AvgIpc) is 3.39. The van der Waals surface area contributed by atoms with Crippen LogP contribution in [-0.2, 0) is 10.5 Å². The van der Waals surface area contributed by atoms with Gasteiger partial charge in [0.2, 0.25) is 0 Å². The zero-order valence-electron chi connectivity index (χ0n) is 22.8. The summed E-state index contributed by atoms with van der Waals surface area (Å²) in [6.07, 6.45) is 3.60. The van der Waals surface area contributed by atoms with Crippen molar-refractivity contribution < 1.29 is 0 Å². The van der Waals surface area contributed by atoms with Crippen LogP contribution in [-0.4, -0.2) is 25.8 Å². The van der Waals surface area contributed by atoms with E-state index in [1.165, 1.54) is 0 Å². The quantitative estimate of drug-likeness (QED) is 0.119. The summed E-state index contributed by atoms with van der Waals surface area (Å²) in [5.74, 6) is 4.85. The van der Waals surface area contributed by atoms with Crippen molar-refractivity contribution in [3.8, 4) is 22.8 Å². The van der Waals surface area contributed by atoms with Crippen LogP contribution in [0.4, 0.5) is 0 Å². The van der Waals surface area contributed by atoms with Crippen molar-refractivity contribution in [3.05, 3.63) is 168 Å². The Morgan fingerprint density at radius 1 is 0.381 bits per heavy atom. The highest BCUT2D eigenvalue weighted by atomic mass is 32.2. The van der Waals surface area contributed by atoms with Crippen molar-refractivity contribution in [2.24, 2.45) is 0 Å². The van der Waals surface area contributed by atoms with E-state index in [4.69, 9.17) is 15.8 Å². The van der Waals surface area contributed by atoms with Gasteiger partial charge in [0, 0.05) is 23.5 Å². The van der Waals surface area contributed by atoms with Gasteiger partial charge in [-0.05, 0) is 59.7 Å². The maximum atomic E-state index is 5.17. The number of rotatable bonds is 6. The van der Waals surface area contributed by atoms with E-state index in [1.54, 1.807) is 12.4 Å². The second-order valence-corrected chi connectivity index (χ2v) is 11.6. The summed E-state index contributed by atoms with van der Waals surface area (Å²) in [6.45, 7) is 0. The molecule has 0 amide bonds. The highest BCUT2D eigenvalue weighted by Gasteiger charge is 2.38. The lowest BCUT2D eigenvalue weighted by Crippen LogP contribution is -2.00. The van der Waals surface area contributed by atoms with E-state index < -0.39 is 10.5 Å². The number of nitrogens with zero attached hydrogens (tertiary/aromatic N) is 4. The van der Waals surface area contributed by atoms with E-state index in [9.17, 15) is 0 Å². The van der Waals surface area contributed by atoms with Crippen molar-refractivity contribution in [1.82, 2.24) is 19.9 Å². The molecular formula is C37H27N4S+. The molecule has 0 saturated carbocycles. The Hall–Kier alpha value is -5.26.